The smallest absolute Gasteiger partial charge is 0.255 e. The van der Waals surface area contributed by atoms with Crippen molar-refractivity contribution in [3.63, 3.8) is 0 Å². The molecule has 10 heteroatoms. The summed E-state index contributed by atoms with van der Waals surface area (Å²) in [5.41, 5.74) is 1.58. The number of rotatable bonds is 7. The number of hydrogen-bond acceptors (Lipinski definition) is 7. The third kappa shape index (κ3) is 4.93. The van der Waals surface area contributed by atoms with Crippen LogP contribution in [0.2, 0.25) is 0 Å². The van der Waals surface area contributed by atoms with Crippen molar-refractivity contribution in [1.29, 1.82) is 0 Å². The SMILES string of the molecule is COc1ccccc1NC(=O)c1ccc(NC(=O)Cn2nnc(-c3cccs3)n2)cc1. The van der Waals surface area contributed by atoms with Gasteiger partial charge in [-0.2, -0.15) is 4.80 Å². The zero-order valence-corrected chi connectivity index (χ0v) is 17.3. The molecule has 0 saturated heterocycles. The van der Waals surface area contributed by atoms with Crippen LogP contribution < -0.4 is 15.4 Å². The number of carbonyl (C=O) groups excluding carboxylic acids is 2. The summed E-state index contributed by atoms with van der Waals surface area (Å²) in [6.07, 6.45) is 0. The highest BCUT2D eigenvalue weighted by Gasteiger charge is 2.12. The van der Waals surface area contributed by atoms with Crippen LogP contribution in [-0.2, 0) is 11.3 Å². The van der Waals surface area contributed by atoms with E-state index in [4.69, 9.17) is 4.74 Å². The molecular formula is C21H18N6O3S. The van der Waals surface area contributed by atoms with E-state index in [1.54, 1.807) is 43.5 Å². The minimum absolute atomic E-state index is 0.0750. The van der Waals surface area contributed by atoms with Crippen LogP contribution in [0.3, 0.4) is 0 Å². The molecule has 0 aliphatic carbocycles. The van der Waals surface area contributed by atoms with Gasteiger partial charge < -0.3 is 15.4 Å². The molecule has 0 unspecified atom stereocenters. The number of thiophene rings is 1. The van der Waals surface area contributed by atoms with E-state index in [0.29, 0.717) is 28.5 Å². The highest BCUT2D eigenvalue weighted by atomic mass is 32.1. The van der Waals surface area contributed by atoms with Crippen molar-refractivity contribution in [2.75, 3.05) is 17.7 Å². The van der Waals surface area contributed by atoms with E-state index < -0.39 is 0 Å². The molecule has 0 aliphatic rings. The van der Waals surface area contributed by atoms with Crippen molar-refractivity contribution in [1.82, 2.24) is 20.2 Å². The Hall–Kier alpha value is -4.05. The quantitative estimate of drug-likeness (QED) is 0.462. The molecule has 2 N–H and O–H groups in total. The van der Waals surface area contributed by atoms with Gasteiger partial charge in [0.25, 0.3) is 5.91 Å². The van der Waals surface area contributed by atoms with Crippen molar-refractivity contribution in [2.45, 2.75) is 6.54 Å². The van der Waals surface area contributed by atoms with Crippen LogP contribution in [0.15, 0.2) is 66.0 Å². The lowest BCUT2D eigenvalue weighted by Crippen LogP contribution is -2.20. The minimum atomic E-state index is -0.304. The molecule has 0 spiro atoms. The standard InChI is InChI=1S/C21H18N6O3S/c1-30-17-6-3-2-5-16(17)23-21(29)14-8-10-15(11-9-14)22-19(28)13-27-25-20(24-26-27)18-7-4-12-31-18/h2-12H,13H2,1H3,(H,22,28)(H,23,29). The van der Waals surface area contributed by atoms with Crippen molar-refractivity contribution in [3.05, 3.63) is 71.6 Å². The van der Waals surface area contributed by atoms with Crippen molar-refractivity contribution in [2.24, 2.45) is 0 Å². The van der Waals surface area contributed by atoms with Gasteiger partial charge >= 0.3 is 0 Å². The number of para-hydroxylation sites is 2. The van der Waals surface area contributed by atoms with Gasteiger partial charge in [-0.25, -0.2) is 0 Å². The van der Waals surface area contributed by atoms with Gasteiger partial charge in [0.1, 0.15) is 12.3 Å². The van der Waals surface area contributed by atoms with E-state index in [0.717, 1.165) is 4.88 Å². The summed E-state index contributed by atoms with van der Waals surface area (Å²) >= 11 is 1.50. The Bertz CT molecular complexity index is 1190. The molecule has 0 aliphatic heterocycles. The summed E-state index contributed by atoms with van der Waals surface area (Å²) in [5.74, 6) is 0.466. The van der Waals surface area contributed by atoms with Gasteiger partial charge in [-0.3, -0.25) is 9.59 Å². The van der Waals surface area contributed by atoms with Crippen LogP contribution in [0.25, 0.3) is 10.7 Å². The Morgan fingerprint density at radius 2 is 1.84 bits per heavy atom. The number of nitrogens with zero attached hydrogens (tertiary/aromatic N) is 4. The average Bonchev–Trinajstić information content (AvgIpc) is 3.46. The van der Waals surface area contributed by atoms with E-state index in [-0.39, 0.29) is 18.4 Å². The van der Waals surface area contributed by atoms with E-state index in [2.05, 4.69) is 26.0 Å². The van der Waals surface area contributed by atoms with Gasteiger partial charge in [-0.05, 0) is 53.1 Å². The Balaban J connectivity index is 1.35. The largest absolute Gasteiger partial charge is 0.495 e. The highest BCUT2D eigenvalue weighted by Crippen LogP contribution is 2.24. The fraction of sp³-hybridized carbons (Fsp3) is 0.0952. The van der Waals surface area contributed by atoms with E-state index in [9.17, 15) is 9.59 Å². The molecule has 4 aromatic rings. The molecular weight excluding hydrogens is 416 g/mol. The van der Waals surface area contributed by atoms with Gasteiger partial charge in [-0.1, -0.05) is 18.2 Å². The first-order valence-corrected chi connectivity index (χ1v) is 10.2. The van der Waals surface area contributed by atoms with Crippen molar-refractivity contribution in [3.8, 4) is 16.5 Å². The Morgan fingerprint density at radius 3 is 2.58 bits per heavy atom. The minimum Gasteiger partial charge on any atom is -0.495 e. The summed E-state index contributed by atoms with van der Waals surface area (Å²) in [6.45, 7) is -0.0750. The normalized spacial score (nSPS) is 10.5. The Morgan fingerprint density at radius 1 is 1.03 bits per heavy atom. The fourth-order valence-corrected chi connectivity index (χ4v) is 3.44. The maximum Gasteiger partial charge on any atom is 0.255 e. The number of carbonyl (C=O) groups is 2. The van der Waals surface area contributed by atoms with Crippen molar-refractivity contribution >= 4 is 34.5 Å². The summed E-state index contributed by atoms with van der Waals surface area (Å²) < 4.78 is 5.24. The molecule has 9 nitrogen and oxygen atoms in total. The molecule has 2 heterocycles. The number of tetrazole rings is 1. The third-order valence-electron chi connectivity index (χ3n) is 4.27. The average molecular weight is 434 g/mol. The summed E-state index contributed by atoms with van der Waals surface area (Å²) in [5, 5.41) is 19.5. The first-order valence-electron chi connectivity index (χ1n) is 9.28. The number of methoxy groups -OCH3 is 1. The predicted molar refractivity (Wildman–Crippen MR) is 117 cm³/mol. The van der Waals surface area contributed by atoms with Gasteiger partial charge in [0.05, 0.1) is 17.7 Å². The molecule has 2 aromatic carbocycles. The van der Waals surface area contributed by atoms with Crippen molar-refractivity contribution < 1.29 is 14.3 Å². The van der Waals surface area contributed by atoms with Gasteiger partial charge in [0.2, 0.25) is 11.7 Å². The number of nitrogens with one attached hydrogen (secondary N) is 2. The monoisotopic (exact) mass is 434 g/mol. The second-order valence-corrected chi connectivity index (χ2v) is 7.35. The van der Waals surface area contributed by atoms with E-state index in [1.165, 1.54) is 16.1 Å². The molecule has 156 valence electrons. The molecule has 31 heavy (non-hydrogen) atoms. The molecule has 0 saturated carbocycles. The first kappa shape index (κ1) is 20.2. The van der Waals surface area contributed by atoms with Gasteiger partial charge in [0, 0.05) is 11.3 Å². The molecule has 2 aromatic heterocycles. The highest BCUT2D eigenvalue weighted by molar-refractivity contribution is 7.13. The fourth-order valence-electron chi connectivity index (χ4n) is 2.79. The molecule has 2 amide bonds. The maximum absolute atomic E-state index is 12.5. The van der Waals surface area contributed by atoms with Gasteiger partial charge in [0.15, 0.2) is 0 Å². The molecule has 0 bridgehead atoms. The van der Waals surface area contributed by atoms with E-state index in [1.807, 2.05) is 29.6 Å². The second kappa shape index (κ2) is 9.18. The summed E-state index contributed by atoms with van der Waals surface area (Å²) in [6, 6.07) is 17.5. The van der Waals surface area contributed by atoms with E-state index >= 15 is 0 Å². The lowest BCUT2D eigenvalue weighted by atomic mass is 10.2. The Kier molecular flexibility index (Phi) is 5.99. The zero-order chi connectivity index (χ0) is 21.6. The number of anilines is 2. The van der Waals surface area contributed by atoms with Crippen LogP contribution in [0.4, 0.5) is 11.4 Å². The number of ether oxygens (including phenoxy) is 1. The molecule has 0 fully saturated rings. The summed E-state index contributed by atoms with van der Waals surface area (Å²) in [7, 11) is 1.54. The molecule has 0 atom stereocenters. The second-order valence-electron chi connectivity index (χ2n) is 6.40. The van der Waals surface area contributed by atoms with Crippen LogP contribution in [0.1, 0.15) is 10.4 Å². The molecule has 4 rings (SSSR count). The van der Waals surface area contributed by atoms with Crippen LogP contribution in [-0.4, -0.2) is 39.1 Å². The van der Waals surface area contributed by atoms with Gasteiger partial charge in [-0.15, -0.1) is 21.5 Å². The Labute approximate surface area is 181 Å². The van der Waals surface area contributed by atoms with Crippen LogP contribution >= 0.6 is 11.3 Å². The zero-order valence-electron chi connectivity index (χ0n) is 16.5. The molecule has 0 radical (unpaired) electrons. The third-order valence-corrected chi connectivity index (χ3v) is 5.13. The van der Waals surface area contributed by atoms with Crippen LogP contribution in [0, 0.1) is 0 Å². The number of hydrogen-bond donors (Lipinski definition) is 2. The maximum atomic E-state index is 12.5. The topological polar surface area (TPSA) is 111 Å². The predicted octanol–water partition coefficient (Wildman–Crippen LogP) is 3.30. The number of benzene rings is 2. The first-order chi connectivity index (χ1) is 15.1. The van der Waals surface area contributed by atoms with Crippen LogP contribution in [0.5, 0.6) is 5.75 Å². The summed E-state index contributed by atoms with van der Waals surface area (Å²) in [4.78, 5) is 26.9. The number of amides is 2. The lowest BCUT2D eigenvalue weighted by molar-refractivity contribution is -0.117. The number of aromatic nitrogens is 4. The lowest BCUT2D eigenvalue weighted by Gasteiger charge is -2.10.